The number of rotatable bonds is 0. The molecule has 0 saturated carbocycles. The van der Waals surface area contributed by atoms with Crippen LogP contribution in [0, 0.1) is 11.3 Å². The average Bonchev–Trinajstić information content (AvgIpc) is 1.90. The maximum atomic E-state index is 9.28. The molecule has 0 atom stereocenters. The Kier molecular flexibility index (Phi) is 1.70. The van der Waals surface area contributed by atoms with E-state index in [4.69, 9.17) is 5.26 Å². The second-order valence-electron chi connectivity index (χ2n) is 2.39. The van der Waals surface area contributed by atoms with E-state index in [0.717, 1.165) is 13.1 Å². The van der Waals surface area contributed by atoms with Crippen molar-refractivity contribution >= 4 is 0 Å². The maximum Gasteiger partial charge on any atom is 0.153 e. The molecule has 0 aromatic rings. The third kappa shape index (κ3) is 1.41. The van der Waals surface area contributed by atoms with Gasteiger partial charge in [-0.2, -0.15) is 5.26 Å². The van der Waals surface area contributed by atoms with E-state index in [0.29, 0.717) is 12.8 Å². The Labute approximate surface area is 54.3 Å². The van der Waals surface area contributed by atoms with Gasteiger partial charge in [-0.1, -0.05) is 0 Å². The molecule has 0 aliphatic carbocycles. The molecule has 0 spiro atoms. The van der Waals surface area contributed by atoms with Crippen molar-refractivity contribution in [1.29, 1.82) is 5.26 Å². The summed E-state index contributed by atoms with van der Waals surface area (Å²) in [5.41, 5.74) is -1.04. The van der Waals surface area contributed by atoms with Gasteiger partial charge in [0.25, 0.3) is 0 Å². The highest BCUT2D eigenvalue weighted by Crippen LogP contribution is 2.15. The highest BCUT2D eigenvalue weighted by atomic mass is 16.3. The molecule has 1 heterocycles. The predicted octanol–water partition coefficient (Wildman–Crippen LogP) is -0.376. The molecule has 0 bridgehead atoms. The molecule has 1 saturated heterocycles. The Morgan fingerprint density at radius 1 is 1.44 bits per heavy atom. The number of hydrogen-bond donors (Lipinski definition) is 2. The van der Waals surface area contributed by atoms with Gasteiger partial charge in [-0.05, 0) is 13.1 Å². The number of nitrogens with one attached hydrogen (secondary N) is 1. The van der Waals surface area contributed by atoms with E-state index < -0.39 is 5.60 Å². The Balaban J connectivity index is 2.49. The van der Waals surface area contributed by atoms with Crippen LogP contribution in [0.25, 0.3) is 0 Å². The smallest absolute Gasteiger partial charge is 0.153 e. The van der Waals surface area contributed by atoms with Gasteiger partial charge >= 0.3 is 0 Å². The number of nitriles is 1. The number of aliphatic hydroxyl groups is 1. The van der Waals surface area contributed by atoms with Crippen LogP contribution in [-0.2, 0) is 0 Å². The summed E-state index contributed by atoms with van der Waals surface area (Å²) in [6.45, 7) is 1.51. The average molecular weight is 126 g/mol. The van der Waals surface area contributed by atoms with Crippen LogP contribution >= 0.6 is 0 Å². The fourth-order valence-electron chi connectivity index (χ4n) is 0.952. The summed E-state index contributed by atoms with van der Waals surface area (Å²) in [5, 5.41) is 20.8. The first-order valence-electron chi connectivity index (χ1n) is 3.11. The Bertz CT molecular complexity index is 132. The molecule has 0 unspecified atom stereocenters. The molecule has 0 aromatic carbocycles. The lowest BCUT2D eigenvalue weighted by Gasteiger charge is -2.25. The van der Waals surface area contributed by atoms with Crippen molar-refractivity contribution in [2.24, 2.45) is 0 Å². The van der Waals surface area contributed by atoms with E-state index >= 15 is 0 Å². The lowest BCUT2D eigenvalue weighted by Crippen LogP contribution is -2.40. The van der Waals surface area contributed by atoms with Crippen LogP contribution in [0.5, 0.6) is 0 Å². The quantitative estimate of drug-likeness (QED) is 0.435. The molecule has 2 N–H and O–H groups in total. The zero-order valence-electron chi connectivity index (χ0n) is 5.22. The summed E-state index contributed by atoms with van der Waals surface area (Å²) in [5.74, 6) is 0. The standard InChI is InChI=1S/C6H10N2O/c7-5-6(9)1-3-8-4-2-6/h8-9H,1-4H2. The van der Waals surface area contributed by atoms with Crippen LogP contribution in [0.15, 0.2) is 0 Å². The highest BCUT2D eigenvalue weighted by molar-refractivity contribution is 5.02. The van der Waals surface area contributed by atoms with Crippen LogP contribution in [0.4, 0.5) is 0 Å². The van der Waals surface area contributed by atoms with Crippen LogP contribution in [0.1, 0.15) is 12.8 Å². The van der Waals surface area contributed by atoms with Gasteiger partial charge in [0.2, 0.25) is 0 Å². The van der Waals surface area contributed by atoms with E-state index in [1.165, 1.54) is 0 Å². The predicted molar refractivity (Wildman–Crippen MR) is 32.7 cm³/mol. The van der Waals surface area contributed by atoms with Crippen molar-refractivity contribution in [3.05, 3.63) is 0 Å². The number of nitrogens with zero attached hydrogens (tertiary/aromatic N) is 1. The zero-order valence-corrected chi connectivity index (χ0v) is 5.22. The summed E-state index contributed by atoms with van der Waals surface area (Å²) in [6, 6.07) is 1.90. The van der Waals surface area contributed by atoms with Gasteiger partial charge in [0, 0.05) is 12.8 Å². The molecule has 0 amide bonds. The first kappa shape index (κ1) is 6.53. The number of piperidine rings is 1. The molecular formula is C6H10N2O. The summed E-state index contributed by atoms with van der Waals surface area (Å²) < 4.78 is 0. The third-order valence-corrected chi connectivity index (χ3v) is 1.64. The minimum Gasteiger partial charge on any atom is -0.375 e. The molecule has 3 nitrogen and oxygen atoms in total. The Morgan fingerprint density at radius 3 is 2.33 bits per heavy atom. The second-order valence-corrected chi connectivity index (χ2v) is 2.39. The normalized spacial score (nSPS) is 24.9. The molecule has 1 aliphatic heterocycles. The van der Waals surface area contributed by atoms with E-state index in [2.05, 4.69) is 5.32 Å². The maximum absolute atomic E-state index is 9.28. The SMILES string of the molecule is N#CC1(O)CCNCC1. The van der Waals surface area contributed by atoms with Gasteiger partial charge in [-0.25, -0.2) is 0 Å². The lowest BCUT2D eigenvalue weighted by molar-refractivity contribution is 0.0658. The lowest BCUT2D eigenvalue weighted by atomic mass is 9.95. The second kappa shape index (κ2) is 2.34. The van der Waals surface area contributed by atoms with Gasteiger partial charge in [0.1, 0.15) is 0 Å². The topological polar surface area (TPSA) is 56.0 Å². The fourth-order valence-corrected chi connectivity index (χ4v) is 0.952. The van der Waals surface area contributed by atoms with Gasteiger partial charge < -0.3 is 10.4 Å². The largest absolute Gasteiger partial charge is 0.375 e. The fraction of sp³-hybridized carbons (Fsp3) is 0.833. The summed E-state index contributed by atoms with van der Waals surface area (Å²) in [6.07, 6.45) is 1.12. The summed E-state index contributed by atoms with van der Waals surface area (Å²) in [7, 11) is 0. The molecule has 0 aromatic heterocycles. The molecular weight excluding hydrogens is 116 g/mol. The van der Waals surface area contributed by atoms with E-state index in [9.17, 15) is 5.11 Å². The minimum atomic E-state index is -1.04. The summed E-state index contributed by atoms with van der Waals surface area (Å²) in [4.78, 5) is 0. The van der Waals surface area contributed by atoms with Crippen molar-refractivity contribution in [1.82, 2.24) is 5.32 Å². The van der Waals surface area contributed by atoms with Crippen LogP contribution < -0.4 is 5.32 Å². The van der Waals surface area contributed by atoms with Gasteiger partial charge in [0.05, 0.1) is 6.07 Å². The van der Waals surface area contributed by atoms with Crippen molar-refractivity contribution < 1.29 is 5.11 Å². The van der Waals surface area contributed by atoms with Crippen LogP contribution in [-0.4, -0.2) is 23.8 Å². The van der Waals surface area contributed by atoms with Crippen LogP contribution in [0.2, 0.25) is 0 Å². The van der Waals surface area contributed by atoms with Gasteiger partial charge in [0.15, 0.2) is 5.60 Å². The monoisotopic (exact) mass is 126 g/mol. The van der Waals surface area contributed by atoms with E-state index in [1.54, 1.807) is 0 Å². The van der Waals surface area contributed by atoms with Crippen LogP contribution in [0.3, 0.4) is 0 Å². The molecule has 9 heavy (non-hydrogen) atoms. The van der Waals surface area contributed by atoms with Crippen molar-refractivity contribution in [2.75, 3.05) is 13.1 Å². The Morgan fingerprint density at radius 2 is 2.00 bits per heavy atom. The van der Waals surface area contributed by atoms with Gasteiger partial charge in [-0.3, -0.25) is 0 Å². The molecule has 0 radical (unpaired) electrons. The van der Waals surface area contributed by atoms with Crippen molar-refractivity contribution in [2.45, 2.75) is 18.4 Å². The molecule has 3 heteroatoms. The summed E-state index contributed by atoms with van der Waals surface area (Å²) >= 11 is 0. The third-order valence-electron chi connectivity index (χ3n) is 1.64. The van der Waals surface area contributed by atoms with E-state index in [-0.39, 0.29) is 0 Å². The molecule has 1 rings (SSSR count). The first-order valence-corrected chi connectivity index (χ1v) is 3.11. The van der Waals surface area contributed by atoms with Crippen molar-refractivity contribution in [3.63, 3.8) is 0 Å². The molecule has 1 aliphatic rings. The Hall–Kier alpha value is -0.590. The minimum absolute atomic E-state index is 0.559. The highest BCUT2D eigenvalue weighted by Gasteiger charge is 2.27. The van der Waals surface area contributed by atoms with Gasteiger partial charge in [-0.15, -0.1) is 0 Å². The zero-order chi connectivity index (χ0) is 6.74. The first-order chi connectivity index (χ1) is 4.27. The van der Waals surface area contributed by atoms with Crippen molar-refractivity contribution in [3.8, 4) is 6.07 Å². The van der Waals surface area contributed by atoms with E-state index in [1.807, 2.05) is 6.07 Å². The molecule has 50 valence electrons. The number of hydrogen-bond acceptors (Lipinski definition) is 3. The molecule has 1 fully saturated rings.